The van der Waals surface area contributed by atoms with Crippen LogP contribution in [0.1, 0.15) is 49.7 Å². The number of thiazole rings is 1. The van der Waals surface area contributed by atoms with Crippen molar-refractivity contribution in [2.45, 2.75) is 52.6 Å². The SMILES string of the molecule is CCCc1nc(C(C)(C)C)c(CO)s1. The van der Waals surface area contributed by atoms with Gasteiger partial charge in [-0.15, -0.1) is 11.3 Å². The Bertz CT molecular complexity index is 299. The Morgan fingerprint density at radius 1 is 1.36 bits per heavy atom. The molecule has 1 aromatic heterocycles. The number of aliphatic hydroxyl groups excluding tert-OH is 1. The van der Waals surface area contributed by atoms with E-state index in [1.807, 2.05) is 0 Å². The quantitative estimate of drug-likeness (QED) is 0.837. The molecule has 0 atom stereocenters. The van der Waals surface area contributed by atoms with Gasteiger partial charge < -0.3 is 5.11 Å². The summed E-state index contributed by atoms with van der Waals surface area (Å²) in [6.07, 6.45) is 2.13. The first-order valence-electron chi connectivity index (χ1n) is 5.09. The molecule has 0 aliphatic heterocycles. The second-order valence-electron chi connectivity index (χ2n) is 4.54. The van der Waals surface area contributed by atoms with Crippen LogP contribution in [0, 0.1) is 0 Å². The minimum atomic E-state index is 0.0422. The van der Waals surface area contributed by atoms with Crippen molar-refractivity contribution in [2.24, 2.45) is 0 Å². The Labute approximate surface area is 90.0 Å². The molecule has 1 rings (SSSR count). The first kappa shape index (κ1) is 11.7. The summed E-state index contributed by atoms with van der Waals surface area (Å²) in [6, 6.07) is 0. The summed E-state index contributed by atoms with van der Waals surface area (Å²) in [6.45, 7) is 8.68. The highest BCUT2D eigenvalue weighted by molar-refractivity contribution is 7.11. The fraction of sp³-hybridized carbons (Fsp3) is 0.727. The Morgan fingerprint density at radius 3 is 2.36 bits per heavy atom. The van der Waals surface area contributed by atoms with Crippen LogP contribution in [0.3, 0.4) is 0 Å². The van der Waals surface area contributed by atoms with Gasteiger partial charge in [-0.2, -0.15) is 0 Å². The van der Waals surface area contributed by atoms with Gasteiger partial charge in [0, 0.05) is 5.41 Å². The molecule has 14 heavy (non-hydrogen) atoms. The Morgan fingerprint density at radius 2 is 2.00 bits per heavy atom. The van der Waals surface area contributed by atoms with Crippen LogP contribution in [0.15, 0.2) is 0 Å². The molecule has 3 heteroatoms. The van der Waals surface area contributed by atoms with E-state index >= 15 is 0 Å². The highest BCUT2D eigenvalue weighted by Gasteiger charge is 2.22. The molecule has 1 aromatic rings. The minimum absolute atomic E-state index is 0.0422. The molecular weight excluding hydrogens is 194 g/mol. The van der Waals surface area contributed by atoms with Crippen LogP contribution in [0.4, 0.5) is 0 Å². The maximum atomic E-state index is 9.23. The van der Waals surface area contributed by atoms with Crippen molar-refractivity contribution in [1.82, 2.24) is 4.98 Å². The fourth-order valence-corrected chi connectivity index (χ4v) is 2.65. The van der Waals surface area contributed by atoms with Gasteiger partial charge in [-0.05, 0) is 12.8 Å². The molecule has 1 heterocycles. The summed E-state index contributed by atoms with van der Waals surface area (Å²) in [5.41, 5.74) is 1.11. The summed E-state index contributed by atoms with van der Waals surface area (Å²) in [5.74, 6) is 0. The first-order chi connectivity index (χ1) is 6.49. The highest BCUT2D eigenvalue weighted by atomic mass is 32.1. The molecule has 0 saturated carbocycles. The third kappa shape index (κ3) is 2.55. The van der Waals surface area contributed by atoms with E-state index in [1.165, 1.54) is 0 Å². The normalized spacial score (nSPS) is 12.1. The van der Waals surface area contributed by atoms with Crippen molar-refractivity contribution in [3.8, 4) is 0 Å². The van der Waals surface area contributed by atoms with E-state index in [0.29, 0.717) is 0 Å². The minimum Gasteiger partial charge on any atom is -0.391 e. The average molecular weight is 213 g/mol. The number of aliphatic hydroxyl groups is 1. The van der Waals surface area contributed by atoms with Crippen LogP contribution in [0.5, 0.6) is 0 Å². The molecule has 80 valence electrons. The average Bonchev–Trinajstić information content (AvgIpc) is 2.47. The molecule has 2 nitrogen and oxygen atoms in total. The van der Waals surface area contributed by atoms with Gasteiger partial charge in [0.25, 0.3) is 0 Å². The van der Waals surface area contributed by atoms with Crippen LogP contribution in [0.25, 0.3) is 0 Å². The standard InChI is InChI=1S/C11H19NOS/c1-5-6-9-12-10(11(2,3)4)8(7-13)14-9/h13H,5-7H2,1-4H3. The van der Waals surface area contributed by atoms with Crippen molar-refractivity contribution in [3.05, 3.63) is 15.6 Å². The number of aromatic nitrogens is 1. The van der Waals surface area contributed by atoms with Crippen molar-refractivity contribution in [3.63, 3.8) is 0 Å². The van der Waals surface area contributed by atoms with E-state index in [9.17, 15) is 5.11 Å². The van der Waals surface area contributed by atoms with Crippen molar-refractivity contribution in [1.29, 1.82) is 0 Å². The Kier molecular flexibility index (Phi) is 3.67. The highest BCUT2D eigenvalue weighted by Crippen LogP contribution is 2.29. The molecular formula is C11H19NOS. The second kappa shape index (κ2) is 4.41. The van der Waals surface area contributed by atoms with Crippen LogP contribution in [-0.4, -0.2) is 10.1 Å². The number of nitrogens with zero attached hydrogens (tertiary/aromatic N) is 1. The zero-order chi connectivity index (χ0) is 10.8. The first-order valence-corrected chi connectivity index (χ1v) is 5.90. The zero-order valence-electron chi connectivity index (χ0n) is 9.42. The molecule has 0 radical (unpaired) electrons. The number of hydrogen-bond donors (Lipinski definition) is 1. The third-order valence-electron chi connectivity index (χ3n) is 2.06. The third-order valence-corrected chi connectivity index (χ3v) is 3.16. The maximum Gasteiger partial charge on any atom is 0.0932 e. The summed E-state index contributed by atoms with van der Waals surface area (Å²) < 4.78 is 0. The van der Waals surface area contributed by atoms with E-state index < -0.39 is 0 Å². The molecule has 0 amide bonds. The van der Waals surface area contributed by atoms with Crippen LogP contribution < -0.4 is 0 Å². The van der Waals surface area contributed by atoms with Crippen LogP contribution in [0.2, 0.25) is 0 Å². The molecule has 1 N–H and O–H groups in total. The lowest BCUT2D eigenvalue weighted by Gasteiger charge is -2.16. The topological polar surface area (TPSA) is 33.1 Å². The lowest BCUT2D eigenvalue weighted by atomic mass is 9.91. The van der Waals surface area contributed by atoms with Gasteiger partial charge in [-0.1, -0.05) is 27.7 Å². The van der Waals surface area contributed by atoms with E-state index in [0.717, 1.165) is 28.4 Å². The predicted molar refractivity (Wildman–Crippen MR) is 60.7 cm³/mol. The zero-order valence-corrected chi connectivity index (χ0v) is 10.2. The molecule has 0 spiro atoms. The van der Waals surface area contributed by atoms with Gasteiger partial charge in [0.1, 0.15) is 0 Å². The molecule has 0 fully saturated rings. The van der Waals surface area contributed by atoms with E-state index in [-0.39, 0.29) is 12.0 Å². The summed E-state index contributed by atoms with van der Waals surface area (Å²) >= 11 is 1.65. The summed E-state index contributed by atoms with van der Waals surface area (Å²) in [4.78, 5) is 5.63. The van der Waals surface area contributed by atoms with E-state index in [4.69, 9.17) is 0 Å². The number of aryl methyl sites for hydroxylation is 1. The van der Waals surface area contributed by atoms with Gasteiger partial charge in [-0.3, -0.25) is 0 Å². The van der Waals surface area contributed by atoms with Gasteiger partial charge >= 0.3 is 0 Å². The molecule has 0 aliphatic carbocycles. The molecule has 0 aliphatic rings. The molecule has 0 saturated heterocycles. The lowest BCUT2D eigenvalue weighted by molar-refractivity contribution is 0.282. The Hall–Kier alpha value is -0.410. The summed E-state index contributed by atoms with van der Waals surface area (Å²) in [5, 5.41) is 10.4. The molecule has 0 aromatic carbocycles. The van der Waals surface area contributed by atoms with Gasteiger partial charge in [0.15, 0.2) is 0 Å². The smallest absolute Gasteiger partial charge is 0.0932 e. The molecule has 0 unspecified atom stereocenters. The van der Waals surface area contributed by atoms with Crippen LogP contribution in [-0.2, 0) is 18.4 Å². The predicted octanol–water partition coefficient (Wildman–Crippen LogP) is 2.89. The van der Waals surface area contributed by atoms with Crippen LogP contribution >= 0.6 is 11.3 Å². The number of hydrogen-bond acceptors (Lipinski definition) is 3. The molecule has 0 bridgehead atoms. The number of rotatable bonds is 3. The fourth-order valence-electron chi connectivity index (χ4n) is 1.41. The Balaban J connectivity index is 3.02. The van der Waals surface area contributed by atoms with Crippen molar-refractivity contribution < 1.29 is 5.11 Å². The largest absolute Gasteiger partial charge is 0.391 e. The lowest BCUT2D eigenvalue weighted by Crippen LogP contribution is -2.14. The second-order valence-corrected chi connectivity index (χ2v) is 5.71. The van der Waals surface area contributed by atoms with E-state index in [2.05, 4.69) is 32.7 Å². The van der Waals surface area contributed by atoms with Crippen molar-refractivity contribution >= 4 is 11.3 Å². The van der Waals surface area contributed by atoms with Gasteiger partial charge in [0.05, 0.1) is 22.2 Å². The van der Waals surface area contributed by atoms with Crippen molar-refractivity contribution in [2.75, 3.05) is 0 Å². The van der Waals surface area contributed by atoms with E-state index in [1.54, 1.807) is 11.3 Å². The monoisotopic (exact) mass is 213 g/mol. The summed E-state index contributed by atoms with van der Waals surface area (Å²) in [7, 11) is 0. The maximum absolute atomic E-state index is 9.23. The van der Waals surface area contributed by atoms with Gasteiger partial charge in [0.2, 0.25) is 0 Å². The van der Waals surface area contributed by atoms with Gasteiger partial charge in [-0.25, -0.2) is 4.98 Å².